The molecular formula is C18H22O7S. The molecule has 8 heteroatoms. The molecule has 0 fully saturated rings. The minimum absolute atomic E-state index is 0.167. The molecule has 1 aromatic rings. The molecule has 0 N–H and O–H groups in total. The van der Waals surface area contributed by atoms with Gasteiger partial charge in [-0.1, -0.05) is 0 Å². The standard InChI is InChI=1S/C18H22O7S/c1-4-23-17(19)8-6-14-10-15(7-9-18(20)24-5-2)12-16(11-14)13-25-26(3,21)22/h6-12H,4-5,13H2,1-3H3/b8-6+,9-7+. The molecule has 0 spiro atoms. The van der Waals surface area contributed by atoms with E-state index in [4.69, 9.17) is 13.7 Å². The molecule has 0 aliphatic rings. The minimum atomic E-state index is -3.60. The normalized spacial score (nSPS) is 11.8. The van der Waals surface area contributed by atoms with Gasteiger partial charge in [-0.3, -0.25) is 4.18 Å². The smallest absolute Gasteiger partial charge is 0.330 e. The van der Waals surface area contributed by atoms with E-state index < -0.39 is 22.1 Å². The molecule has 0 atom stereocenters. The number of carbonyl (C=O) groups is 2. The monoisotopic (exact) mass is 382 g/mol. The Morgan fingerprint density at radius 2 is 1.38 bits per heavy atom. The van der Waals surface area contributed by atoms with Gasteiger partial charge in [-0.15, -0.1) is 0 Å². The van der Waals surface area contributed by atoms with Crippen LogP contribution in [0.2, 0.25) is 0 Å². The third kappa shape index (κ3) is 9.14. The van der Waals surface area contributed by atoms with E-state index in [2.05, 4.69) is 0 Å². The summed E-state index contributed by atoms with van der Waals surface area (Å²) in [6.45, 7) is 3.76. The van der Waals surface area contributed by atoms with Crippen molar-refractivity contribution in [3.05, 3.63) is 47.0 Å². The van der Waals surface area contributed by atoms with Crippen LogP contribution in [0.1, 0.15) is 30.5 Å². The van der Waals surface area contributed by atoms with E-state index in [1.807, 2.05) is 0 Å². The lowest BCUT2D eigenvalue weighted by Crippen LogP contribution is -2.03. The third-order valence-electron chi connectivity index (χ3n) is 2.87. The molecular weight excluding hydrogens is 360 g/mol. The fourth-order valence-corrected chi connectivity index (χ4v) is 2.26. The van der Waals surface area contributed by atoms with Crippen LogP contribution in [0.5, 0.6) is 0 Å². The van der Waals surface area contributed by atoms with E-state index in [1.54, 1.807) is 32.0 Å². The highest BCUT2D eigenvalue weighted by molar-refractivity contribution is 7.85. The summed E-state index contributed by atoms with van der Waals surface area (Å²) >= 11 is 0. The van der Waals surface area contributed by atoms with Gasteiger partial charge in [0.25, 0.3) is 10.1 Å². The SMILES string of the molecule is CCOC(=O)/C=C/c1cc(/C=C/C(=O)OCC)cc(COS(C)(=O)=O)c1. The predicted octanol–water partition coefficient (Wildman–Crippen LogP) is 2.32. The van der Waals surface area contributed by atoms with E-state index in [0.29, 0.717) is 16.7 Å². The molecule has 7 nitrogen and oxygen atoms in total. The Balaban J connectivity index is 3.08. The van der Waals surface area contributed by atoms with E-state index in [-0.39, 0.29) is 19.8 Å². The molecule has 1 aromatic carbocycles. The largest absolute Gasteiger partial charge is 0.463 e. The highest BCUT2D eigenvalue weighted by Crippen LogP contribution is 2.15. The van der Waals surface area contributed by atoms with Crippen molar-refractivity contribution in [3.63, 3.8) is 0 Å². The number of carbonyl (C=O) groups excluding carboxylic acids is 2. The van der Waals surface area contributed by atoms with Crippen molar-refractivity contribution in [2.75, 3.05) is 19.5 Å². The minimum Gasteiger partial charge on any atom is -0.463 e. The second-order valence-electron chi connectivity index (χ2n) is 5.15. The Morgan fingerprint density at radius 3 is 1.77 bits per heavy atom. The number of hydrogen-bond acceptors (Lipinski definition) is 7. The van der Waals surface area contributed by atoms with Crippen molar-refractivity contribution < 1.29 is 31.7 Å². The summed E-state index contributed by atoms with van der Waals surface area (Å²) in [5, 5.41) is 0. The molecule has 1 rings (SSSR count). The number of benzene rings is 1. The molecule has 0 bridgehead atoms. The zero-order valence-electron chi connectivity index (χ0n) is 14.9. The summed E-state index contributed by atoms with van der Waals surface area (Å²) in [4.78, 5) is 22.9. The fourth-order valence-electron chi connectivity index (χ4n) is 1.91. The number of hydrogen-bond donors (Lipinski definition) is 0. The van der Waals surface area contributed by atoms with Crippen LogP contribution in [0.15, 0.2) is 30.4 Å². The Hall–Kier alpha value is -2.45. The van der Waals surface area contributed by atoms with Crippen molar-refractivity contribution in [2.45, 2.75) is 20.5 Å². The molecule has 26 heavy (non-hydrogen) atoms. The number of ether oxygens (including phenoxy) is 2. The van der Waals surface area contributed by atoms with Gasteiger partial charge in [-0.05, 0) is 60.9 Å². The molecule has 0 aromatic heterocycles. The lowest BCUT2D eigenvalue weighted by molar-refractivity contribution is -0.138. The fraction of sp³-hybridized carbons (Fsp3) is 0.333. The lowest BCUT2D eigenvalue weighted by atomic mass is 10.0. The second kappa shape index (κ2) is 10.5. The van der Waals surface area contributed by atoms with Crippen molar-refractivity contribution in [1.82, 2.24) is 0 Å². The summed E-state index contributed by atoms with van der Waals surface area (Å²) < 4.78 is 36.8. The van der Waals surface area contributed by atoms with Gasteiger partial charge < -0.3 is 9.47 Å². The molecule has 0 unspecified atom stereocenters. The molecule has 0 aliphatic heterocycles. The van der Waals surface area contributed by atoms with Crippen LogP contribution in [0.25, 0.3) is 12.2 Å². The van der Waals surface area contributed by atoms with Gasteiger partial charge >= 0.3 is 11.9 Å². The van der Waals surface area contributed by atoms with Gasteiger partial charge in [0.1, 0.15) is 0 Å². The Morgan fingerprint density at radius 1 is 0.923 bits per heavy atom. The maximum Gasteiger partial charge on any atom is 0.330 e. The van der Waals surface area contributed by atoms with E-state index in [1.165, 1.54) is 24.3 Å². The van der Waals surface area contributed by atoms with Crippen LogP contribution in [-0.4, -0.2) is 39.8 Å². The van der Waals surface area contributed by atoms with Crippen LogP contribution in [0.4, 0.5) is 0 Å². The topological polar surface area (TPSA) is 96.0 Å². The van der Waals surface area contributed by atoms with Crippen molar-refractivity contribution in [1.29, 1.82) is 0 Å². The van der Waals surface area contributed by atoms with Crippen LogP contribution in [-0.2, 0) is 40.0 Å². The third-order valence-corrected chi connectivity index (χ3v) is 3.42. The summed E-state index contributed by atoms with van der Waals surface area (Å²) in [5.74, 6) is -0.984. The number of rotatable bonds is 9. The highest BCUT2D eigenvalue weighted by atomic mass is 32.2. The lowest BCUT2D eigenvalue weighted by Gasteiger charge is -2.06. The zero-order chi connectivity index (χ0) is 19.6. The van der Waals surface area contributed by atoms with Crippen molar-refractivity contribution in [2.24, 2.45) is 0 Å². The average molecular weight is 382 g/mol. The molecule has 0 amide bonds. The maximum absolute atomic E-state index is 11.4. The van der Waals surface area contributed by atoms with Gasteiger partial charge in [0.15, 0.2) is 0 Å². The molecule has 0 saturated heterocycles. The first-order chi connectivity index (χ1) is 12.2. The van der Waals surface area contributed by atoms with Gasteiger partial charge in [-0.2, -0.15) is 8.42 Å². The average Bonchev–Trinajstić information content (AvgIpc) is 2.56. The van der Waals surface area contributed by atoms with Gasteiger partial charge in [0, 0.05) is 12.2 Å². The van der Waals surface area contributed by atoms with Crippen LogP contribution in [0, 0.1) is 0 Å². The molecule has 142 valence electrons. The Labute approximate surface area is 153 Å². The summed E-state index contributed by atoms with van der Waals surface area (Å²) in [7, 11) is -3.60. The Bertz CT molecular complexity index is 746. The molecule has 0 heterocycles. The molecule has 0 aliphatic carbocycles. The van der Waals surface area contributed by atoms with Gasteiger partial charge in [-0.25, -0.2) is 9.59 Å². The predicted molar refractivity (Wildman–Crippen MR) is 97.4 cm³/mol. The summed E-state index contributed by atoms with van der Waals surface area (Å²) in [6, 6.07) is 5.06. The first-order valence-electron chi connectivity index (χ1n) is 7.91. The Kier molecular flexibility index (Phi) is 8.74. The quantitative estimate of drug-likeness (QED) is 0.367. The van der Waals surface area contributed by atoms with Gasteiger partial charge in [0.05, 0.1) is 26.1 Å². The molecule has 0 radical (unpaired) electrons. The van der Waals surface area contributed by atoms with Crippen molar-refractivity contribution in [3.8, 4) is 0 Å². The second-order valence-corrected chi connectivity index (χ2v) is 6.79. The van der Waals surface area contributed by atoms with E-state index in [0.717, 1.165) is 6.26 Å². The first-order valence-corrected chi connectivity index (χ1v) is 9.73. The number of esters is 2. The van der Waals surface area contributed by atoms with Crippen molar-refractivity contribution >= 4 is 34.2 Å². The van der Waals surface area contributed by atoms with Crippen LogP contribution in [0.3, 0.4) is 0 Å². The van der Waals surface area contributed by atoms with E-state index in [9.17, 15) is 18.0 Å². The van der Waals surface area contributed by atoms with E-state index >= 15 is 0 Å². The zero-order valence-corrected chi connectivity index (χ0v) is 15.7. The van der Waals surface area contributed by atoms with Gasteiger partial charge in [0.2, 0.25) is 0 Å². The summed E-state index contributed by atoms with van der Waals surface area (Å²) in [5.41, 5.74) is 1.80. The maximum atomic E-state index is 11.4. The van der Waals surface area contributed by atoms with Crippen LogP contribution >= 0.6 is 0 Å². The first kappa shape index (κ1) is 21.6. The molecule has 0 saturated carbocycles. The summed E-state index contributed by atoms with van der Waals surface area (Å²) in [6.07, 6.45) is 6.55. The van der Waals surface area contributed by atoms with Crippen LogP contribution < -0.4 is 0 Å². The highest BCUT2D eigenvalue weighted by Gasteiger charge is 2.05.